The summed E-state index contributed by atoms with van der Waals surface area (Å²) >= 11 is 1.40. The van der Waals surface area contributed by atoms with Gasteiger partial charge in [-0.25, -0.2) is 4.79 Å². The minimum absolute atomic E-state index is 0.0352. The highest BCUT2D eigenvalue weighted by molar-refractivity contribution is 8.05. The summed E-state index contributed by atoms with van der Waals surface area (Å²) in [6, 6.07) is 8.54. The maximum Gasteiger partial charge on any atom is 0.338 e. The average Bonchev–Trinajstić information content (AvgIpc) is 3.13. The topological polar surface area (TPSA) is 90.0 Å². The molecule has 1 N–H and O–H groups in total. The predicted octanol–water partition coefficient (Wildman–Crippen LogP) is 4.26. The van der Waals surface area contributed by atoms with Gasteiger partial charge in [0.05, 0.1) is 36.3 Å². The number of nitrogens with zero attached hydrogens (tertiary/aromatic N) is 2. The first-order valence-electron chi connectivity index (χ1n) is 11.4. The number of aromatic nitrogens is 1. The quantitative estimate of drug-likeness (QED) is 0.450. The zero-order valence-corrected chi connectivity index (χ0v) is 21.2. The van der Waals surface area contributed by atoms with E-state index in [1.165, 1.54) is 11.8 Å². The lowest BCUT2D eigenvalue weighted by atomic mass is 9.93. The molecule has 1 fully saturated rings. The molecule has 1 saturated heterocycles. The van der Waals surface area contributed by atoms with E-state index >= 15 is 0 Å². The summed E-state index contributed by atoms with van der Waals surface area (Å²) in [6.45, 7) is 7.69. The lowest BCUT2D eigenvalue weighted by Gasteiger charge is -2.39. The number of carbonyl (C=O) groups excluding carboxylic acids is 2. The van der Waals surface area contributed by atoms with Crippen molar-refractivity contribution in [3.8, 4) is 11.5 Å². The van der Waals surface area contributed by atoms with Crippen LogP contribution in [0.5, 0.6) is 11.5 Å². The van der Waals surface area contributed by atoms with Crippen molar-refractivity contribution in [2.45, 2.75) is 45.3 Å². The molecule has 4 rings (SSSR count). The van der Waals surface area contributed by atoms with E-state index < -0.39 is 12.0 Å². The van der Waals surface area contributed by atoms with E-state index in [2.05, 4.69) is 10.3 Å². The van der Waals surface area contributed by atoms with E-state index in [1.807, 2.05) is 57.2 Å². The standard InChI is InChI=1S/C26H29N3O5S/c1-6-33-25(31)22-16(4)28-26-29(24(30)21(35-26)12-17-8-7-11-27-14-17)23(22)18-9-10-19(34-15(2)3)20(13-18)32-5/h7-15,23,26,28H,6H2,1-5H3/b21-12-. The van der Waals surface area contributed by atoms with Gasteiger partial charge in [-0.3, -0.25) is 14.7 Å². The van der Waals surface area contributed by atoms with E-state index in [0.29, 0.717) is 27.7 Å². The Kier molecular flexibility index (Phi) is 7.35. The van der Waals surface area contributed by atoms with E-state index in [-0.39, 0.29) is 24.1 Å². The van der Waals surface area contributed by atoms with Crippen molar-refractivity contribution < 1.29 is 23.8 Å². The first-order valence-corrected chi connectivity index (χ1v) is 12.3. The van der Waals surface area contributed by atoms with Gasteiger partial charge in [0.25, 0.3) is 5.91 Å². The monoisotopic (exact) mass is 495 g/mol. The molecule has 0 spiro atoms. The fourth-order valence-electron chi connectivity index (χ4n) is 4.13. The number of methoxy groups -OCH3 is 1. The van der Waals surface area contributed by atoms with Crippen molar-refractivity contribution in [3.63, 3.8) is 0 Å². The number of amides is 1. The van der Waals surface area contributed by atoms with Gasteiger partial charge in [-0.1, -0.05) is 23.9 Å². The fourth-order valence-corrected chi connectivity index (χ4v) is 5.35. The summed E-state index contributed by atoms with van der Waals surface area (Å²) in [5, 5.41) is 3.31. The predicted molar refractivity (Wildman–Crippen MR) is 134 cm³/mol. The Hall–Kier alpha value is -3.46. The molecule has 2 aliphatic heterocycles. The van der Waals surface area contributed by atoms with Crippen molar-refractivity contribution in [1.29, 1.82) is 0 Å². The Morgan fingerprint density at radius 3 is 2.74 bits per heavy atom. The minimum atomic E-state index is -0.665. The van der Waals surface area contributed by atoms with Crippen LogP contribution in [0.15, 0.2) is 58.9 Å². The van der Waals surface area contributed by atoms with Crippen molar-refractivity contribution in [3.05, 3.63) is 70.0 Å². The summed E-state index contributed by atoms with van der Waals surface area (Å²) in [7, 11) is 1.57. The second kappa shape index (κ2) is 10.4. The number of esters is 1. The third-order valence-electron chi connectivity index (χ3n) is 5.58. The van der Waals surface area contributed by atoms with Gasteiger partial charge in [-0.15, -0.1) is 0 Å². The molecule has 1 amide bonds. The van der Waals surface area contributed by atoms with Gasteiger partial charge in [-0.05, 0) is 63.1 Å². The normalized spacial score (nSPS) is 20.7. The van der Waals surface area contributed by atoms with Crippen LogP contribution in [0.2, 0.25) is 0 Å². The Bertz CT molecular complexity index is 1180. The summed E-state index contributed by atoms with van der Waals surface area (Å²) in [6.07, 6.45) is 5.17. The molecule has 0 aliphatic carbocycles. The molecule has 35 heavy (non-hydrogen) atoms. The minimum Gasteiger partial charge on any atom is -0.493 e. The van der Waals surface area contributed by atoms with Gasteiger partial charge in [0.2, 0.25) is 0 Å². The molecule has 2 aromatic rings. The second-order valence-electron chi connectivity index (χ2n) is 8.36. The number of carbonyl (C=O) groups is 2. The SMILES string of the molecule is CCOC(=O)C1=C(C)NC2S/C(=C\c3cccnc3)C(=O)N2C1c1ccc(OC(C)C)c(OC)c1. The first kappa shape index (κ1) is 24.7. The van der Waals surface area contributed by atoms with Crippen LogP contribution in [-0.4, -0.2) is 47.1 Å². The Morgan fingerprint density at radius 2 is 2.09 bits per heavy atom. The molecule has 1 aromatic carbocycles. The molecular weight excluding hydrogens is 466 g/mol. The molecule has 0 bridgehead atoms. The number of benzene rings is 1. The van der Waals surface area contributed by atoms with Gasteiger partial charge < -0.3 is 19.5 Å². The summed E-state index contributed by atoms with van der Waals surface area (Å²) < 4.78 is 16.8. The maximum atomic E-state index is 13.7. The summed E-state index contributed by atoms with van der Waals surface area (Å²) in [4.78, 5) is 33.1. The highest BCUT2D eigenvalue weighted by Crippen LogP contribution is 2.47. The van der Waals surface area contributed by atoms with Gasteiger partial charge >= 0.3 is 5.97 Å². The molecule has 0 radical (unpaired) electrons. The van der Waals surface area contributed by atoms with Gasteiger partial charge in [-0.2, -0.15) is 0 Å². The van der Waals surface area contributed by atoms with Crippen LogP contribution >= 0.6 is 11.8 Å². The molecule has 3 heterocycles. The van der Waals surface area contributed by atoms with Crippen LogP contribution in [-0.2, 0) is 14.3 Å². The van der Waals surface area contributed by atoms with Crippen LogP contribution < -0.4 is 14.8 Å². The van der Waals surface area contributed by atoms with Gasteiger partial charge in [0, 0.05) is 18.1 Å². The number of allylic oxidation sites excluding steroid dienone is 1. The molecule has 1 aromatic heterocycles. The van der Waals surface area contributed by atoms with Crippen molar-refractivity contribution in [2.24, 2.45) is 0 Å². The third-order valence-corrected chi connectivity index (χ3v) is 6.69. The maximum absolute atomic E-state index is 13.7. The number of ether oxygens (including phenoxy) is 3. The molecule has 0 saturated carbocycles. The van der Waals surface area contributed by atoms with E-state index in [9.17, 15) is 9.59 Å². The van der Waals surface area contributed by atoms with Crippen LogP contribution in [0.3, 0.4) is 0 Å². The van der Waals surface area contributed by atoms with E-state index in [4.69, 9.17) is 14.2 Å². The van der Waals surface area contributed by atoms with Crippen LogP contribution in [0.1, 0.15) is 44.9 Å². The molecular formula is C26H29N3O5S. The zero-order valence-electron chi connectivity index (χ0n) is 20.4. The molecule has 2 aliphatic rings. The number of hydrogen-bond donors (Lipinski definition) is 1. The first-order chi connectivity index (χ1) is 16.8. The van der Waals surface area contributed by atoms with Gasteiger partial charge in [0.1, 0.15) is 0 Å². The number of rotatable bonds is 7. The molecule has 9 heteroatoms. The summed E-state index contributed by atoms with van der Waals surface area (Å²) in [5.74, 6) is 0.467. The lowest BCUT2D eigenvalue weighted by Crippen LogP contribution is -2.50. The number of pyridine rings is 1. The van der Waals surface area contributed by atoms with Crippen molar-refractivity contribution in [1.82, 2.24) is 15.2 Å². The molecule has 2 unspecified atom stereocenters. The highest BCUT2D eigenvalue weighted by Gasteiger charge is 2.48. The Labute approximate surface area is 209 Å². The smallest absolute Gasteiger partial charge is 0.338 e. The van der Waals surface area contributed by atoms with Crippen molar-refractivity contribution >= 4 is 29.7 Å². The number of hydrogen-bond acceptors (Lipinski definition) is 8. The van der Waals surface area contributed by atoms with Crippen molar-refractivity contribution in [2.75, 3.05) is 13.7 Å². The number of fused-ring (bicyclic) bond motifs is 1. The largest absolute Gasteiger partial charge is 0.493 e. The Balaban J connectivity index is 1.80. The van der Waals surface area contributed by atoms with E-state index in [0.717, 1.165) is 11.1 Å². The third kappa shape index (κ3) is 5.00. The van der Waals surface area contributed by atoms with E-state index in [1.54, 1.807) is 31.3 Å². The molecule has 184 valence electrons. The average molecular weight is 496 g/mol. The number of nitrogens with one attached hydrogen (secondary N) is 1. The lowest BCUT2D eigenvalue weighted by molar-refractivity contribution is -0.140. The fraction of sp³-hybridized carbons (Fsp3) is 0.346. The second-order valence-corrected chi connectivity index (χ2v) is 9.48. The summed E-state index contributed by atoms with van der Waals surface area (Å²) in [5.41, 5.74) is 2.22. The molecule has 8 nitrogen and oxygen atoms in total. The van der Waals surface area contributed by atoms with Crippen LogP contribution in [0.4, 0.5) is 0 Å². The van der Waals surface area contributed by atoms with Gasteiger partial charge in [0.15, 0.2) is 17.0 Å². The highest BCUT2D eigenvalue weighted by atomic mass is 32.2. The number of thioether (sulfide) groups is 1. The van der Waals surface area contributed by atoms with Crippen LogP contribution in [0, 0.1) is 0 Å². The Morgan fingerprint density at radius 1 is 1.29 bits per heavy atom. The molecule has 2 atom stereocenters. The van der Waals surface area contributed by atoms with Crippen LogP contribution in [0.25, 0.3) is 6.08 Å². The zero-order chi connectivity index (χ0) is 25.1.